The molecule has 0 saturated carbocycles. The molecule has 0 atom stereocenters. The van der Waals surface area contributed by atoms with Crippen molar-refractivity contribution in [3.05, 3.63) is 53.1 Å². The van der Waals surface area contributed by atoms with Crippen LogP contribution in [0, 0.1) is 0 Å². The second-order valence-corrected chi connectivity index (χ2v) is 5.13. The van der Waals surface area contributed by atoms with Crippen LogP contribution in [0.5, 0.6) is 11.5 Å². The summed E-state index contributed by atoms with van der Waals surface area (Å²) >= 11 is 6.02. The number of benzene rings is 2. The van der Waals surface area contributed by atoms with Gasteiger partial charge in [-0.25, -0.2) is 0 Å². The Morgan fingerprint density at radius 1 is 1.14 bits per heavy atom. The Labute approximate surface area is 130 Å². The van der Waals surface area contributed by atoms with Crippen molar-refractivity contribution in [2.75, 3.05) is 19.0 Å². The van der Waals surface area contributed by atoms with Crippen molar-refractivity contribution < 1.29 is 9.47 Å². The first-order valence-corrected chi connectivity index (χ1v) is 7.40. The first kappa shape index (κ1) is 15.5. The van der Waals surface area contributed by atoms with Crippen LogP contribution in [0.25, 0.3) is 0 Å². The third-order valence-corrected chi connectivity index (χ3v) is 3.25. The van der Waals surface area contributed by atoms with E-state index in [0.29, 0.717) is 11.6 Å². The summed E-state index contributed by atoms with van der Waals surface area (Å²) in [6, 6.07) is 13.6. The van der Waals surface area contributed by atoms with Gasteiger partial charge in [-0.1, -0.05) is 30.7 Å². The van der Waals surface area contributed by atoms with E-state index >= 15 is 0 Å². The molecule has 0 fully saturated rings. The van der Waals surface area contributed by atoms with E-state index in [1.54, 1.807) is 7.11 Å². The summed E-state index contributed by atoms with van der Waals surface area (Å²) in [5.41, 5.74) is 2.02. The molecule has 0 amide bonds. The summed E-state index contributed by atoms with van der Waals surface area (Å²) in [6.07, 6.45) is 1.00. The van der Waals surface area contributed by atoms with E-state index in [9.17, 15) is 0 Å². The van der Waals surface area contributed by atoms with Crippen molar-refractivity contribution >= 4 is 17.3 Å². The van der Waals surface area contributed by atoms with Gasteiger partial charge in [0.25, 0.3) is 0 Å². The van der Waals surface area contributed by atoms with Gasteiger partial charge in [0, 0.05) is 11.6 Å². The predicted octanol–water partition coefficient (Wildman–Crippen LogP) is 4.75. The maximum Gasteiger partial charge on any atom is 0.142 e. The van der Waals surface area contributed by atoms with Crippen molar-refractivity contribution in [2.45, 2.75) is 19.9 Å². The van der Waals surface area contributed by atoms with Gasteiger partial charge in [0.05, 0.1) is 19.4 Å². The van der Waals surface area contributed by atoms with E-state index in [1.807, 2.05) is 36.4 Å². The molecule has 1 N–H and O–H groups in total. The second-order valence-electron chi connectivity index (χ2n) is 4.69. The average Bonchev–Trinajstić information content (AvgIpc) is 2.51. The molecule has 21 heavy (non-hydrogen) atoms. The molecule has 0 bridgehead atoms. The first-order valence-electron chi connectivity index (χ1n) is 7.02. The topological polar surface area (TPSA) is 30.5 Å². The van der Waals surface area contributed by atoms with E-state index in [4.69, 9.17) is 21.1 Å². The molecule has 0 aliphatic heterocycles. The van der Waals surface area contributed by atoms with Crippen LogP contribution >= 0.6 is 11.6 Å². The summed E-state index contributed by atoms with van der Waals surface area (Å²) in [4.78, 5) is 0. The molecule has 4 heteroatoms. The van der Waals surface area contributed by atoms with E-state index in [2.05, 4.69) is 18.3 Å². The molecule has 0 heterocycles. The third kappa shape index (κ3) is 4.57. The maximum atomic E-state index is 6.02. The molecular formula is C17H20ClNO2. The monoisotopic (exact) mass is 305 g/mol. The van der Waals surface area contributed by atoms with Gasteiger partial charge in [0.15, 0.2) is 0 Å². The minimum Gasteiger partial charge on any atom is -0.495 e. The van der Waals surface area contributed by atoms with Crippen molar-refractivity contribution in [1.82, 2.24) is 0 Å². The normalized spacial score (nSPS) is 10.2. The smallest absolute Gasteiger partial charge is 0.142 e. The Hall–Kier alpha value is -1.87. The molecule has 0 aliphatic carbocycles. The third-order valence-electron chi connectivity index (χ3n) is 3.02. The molecule has 112 valence electrons. The van der Waals surface area contributed by atoms with Crippen LogP contribution in [-0.4, -0.2) is 13.7 Å². The van der Waals surface area contributed by atoms with Crippen LogP contribution in [0.3, 0.4) is 0 Å². The van der Waals surface area contributed by atoms with Gasteiger partial charge in [-0.2, -0.15) is 0 Å². The number of rotatable bonds is 7. The highest BCUT2D eigenvalue weighted by molar-refractivity contribution is 6.30. The highest BCUT2D eigenvalue weighted by Crippen LogP contribution is 2.28. The van der Waals surface area contributed by atoms with Crippen LogP contribution in [0.4, 0.5) is 5.69 Å². The number of hydrogen-bond acceptors (Lipinski definition) is 3. The molecular weight excluding hydrogens is 286 g/mol. The van der Waals surface area contributed by atoms with Crippen LogP contribution in [0.15, 0.2) is 42.5 Å². The van der Waals surface area contributed by atoms with Crippen molar-refractivity contribution in [1.29, 1.82) is 0 Å². The molecule has 2 aromatic rings. The lowest BCUT2D eigenvalue weighted by Gasteiger charge is -2.12. The minimum atomic E-state index is 0.679. The highest BCUT2D eigenvalue weighted by atomic mass is 35.5. The van der Waals surface area contributed by atoms with E-state index < -0.39 is 0 Å². The summed E-state index contributed by atoms with van der Waals surface area (Å²) in [6.45, 7) is 3.51. The fraction of sp³-hybridized carbons (Fsp3) is 0.294. The van der Waals surface area contributed by atoms with Gasteiger partial charge < -0.3 is 14.8 Å². The zero-order valence-electron chi connectivity index (χ0n) is 12.4. The molecule has 0 radical (unpaired) electrons. The number of nitrogens with one attached hydrogen (secondary N) is 1. The molecule has 0 unspecified atom stereocenters. The molecule has 0 aliphatic rings. The minimum absolute atomic E-state index is 0.679. The number of anilines is 1. The molecule has 2 rings (SSSR count). The number of halogens is 1. The highest BCUT2D eigenvalue weighted by Gasteiger charge is 2.04. The van der Waals surface area contributed by atoms with Crippen LogP contribution in [-0.2, 0) is 6.54 Å². The summed E-state index contributed by atoms with van der Waals surface area (Å²) in [7, 11) is 1.65. The van der Waals surface area contributed by atoms with Gasteiger partial charge in [0.2, 0.25) is 0 Å². The van der Waals surface area contributed by atoms with Gasteiger partial charge in [-0.3, -0.25) is 0 Å². The average molecular weight is 306 g/mol. The lowest BCUT2D eigenvalue weighted by Crippen LogP contribution is -2.02. The van der Waals surface area contributed by atoms with Crippen LogP contribution < -0.4 is 14.8 Å². The van der Waals surface area contributed by atoms with Gasteiger partial charge >= 0.3 is 0 Å². The number of hydrogen-bond donors (Lipinski definition) is 1. The molecule has 3 nitrogen and oxygen atoms in total. The fourth-order valence-corrected chi connectivity index (χ4v) is 2.15. The number of ether oxygens (including phenoxy) is 2. The standard InChI is InChI=1S/C17H20ClNO2/c1-3-9-21-15-6-4-5-13(10-15)12-19-16-11-14(18)7-8-17(16)20-2/h4-8,10-11,19H,3,9,12H2,1-2H3. The number of methoxy groups -OCH3 is 1. The lowest BCUT2D eigenvalue weighted by molar-refractivity contribution is 0.317. The molecule has 0 aromatic heterocycles. The Balaban J connectivity index is 2.04. The first-order chi connectivity index (χ1) is 10.2. The Kier molecular flexibility index (Phi) is 5.76. The van der Waals surface area contributed by atoms with Crippen LogP contribution in [0.1, 0.15) is 18.9 Å². The maximum absolute atomic E-state index is 6.02. The Morgan fingerprint density at radius 2 is 2.00 bits per heavy atom. The zero-order valence-corrected chi connectivity index (χ0v) is 13.1. The quantitative estimate of drug-likeness (QED) is 0.800. The zero-order chi connectivity index (χ0) is 15.1. The van der Waals surface area contributed by atoms with Gasteiger partial charge in [-0.15, -0.1) is 0 Å². The summed E-state index contributed by atoms with van der Waals surface area (Å²) < 4.78 is 11.0. The molecule has 2 aromatic carbocycles. The fourth-order valence-electron chi connectivity index (χ4n) is 1.98. The van der Waals surface area contributed by atoms with E-state index in [-0.39, 0.29) is 0 Å². The Bertz CT molecular complexity index is 587. The summed E-state index contributed by atoms with van der Waals surface area (Å²) in [5.74, 6) is 1.67. The predicted molar refractivity (Wildman–Crippen MR) is 87.6 cm³/mol. The molecule has 0 spiro atoms. The van der Waals surface area contributed by atoms with Crippen molar-refractivity contribution in [3.63, 3.8) is 0 Å². The van der Waals surface area contributed by atoms with E-state index in [0.717, 1.165) is 35.8 Å². The summed E-state index contributed by atoms with van der Waals surface area (Å²) in [5, 5.41) is 4.02. The van der Waals surface area contributed by atoms with Crippen molar-refractivity contribution in [2.24, 2.45) is 0 Å². The second kappa shape index (κ2) is 7.79. The van der Waals surface area contributed by atoms with E-state index in [1.165, 1.54) is 0 Å². The van der Waals surface area contributed by atoms with Gasteiger partial charge in [-0.05, 0) is 42.3 Å². The van der Waals surface area contributed by atoms with Crippen molar-refractivity contribution in [3.8, 4) is 11.5 Å². The van der Waals surface area contributed by atoms with Crippen LogP contribution in [0.2, 0.25) is 5.02 Å². The largest absolute Gasteiger partial charge is 0.495 e. The van der Waals surface area contributed by atoms with Gasteiger partial charge in [0.1, 0.15) is 11.5 Å². The lowest BCUT2D eigenvalue weighted by atomic mass is 10.2. The SMILES string of the molecule is CCCOc1cccc(CNc2cc(Cl)ccc2OC)c1. The Morgan fingerprint density at radius 3 is 2.76 bits per heavy atom. The molecule has 0 saturated heterocycles.